The van der Waals surface area contributed by atoms with Crippen molar-refractivity contribution in [2.24, 2.45) is 11.8 Å². The number of aliphatic hydroxyl groups is 1. The minimum absolute atomic E-state index is 0.150. The van der Waals surface area contributed by atoms with Gasteiger partial charge in [0.25, 0.3) is 5.91 Å². The van der Waals surface area contributed by atoms with Gasteiger partial charge in [-0.1, -0.05) is 24.3 Å². The van der Waals surface area contributed by atoms with Crippen molar-refractivity contribution >= 4 is 11.8 Å². The zero-order valence-electron chi connectivity index (χ0n) is 21.2. The third-order valence-corrected chi connectivity index (χ3v) is 7.71. The Morgan fingerprint density at radius 2 is 1.83 bits per heavy atom. The number of rotatable bonds is 8. The van der Waals surface area contributed by atoms with Crippen molar-refractivity contribution in [3.05, 3.63) is 59.2 Å². The summed E-state index contributed by atoms with van der Waals surface area (Å²) in [6.07, 6.45) is 7.22. The summed E-state index contributed by atoms with van der Waals surface area (Å²) >= 11 is 0. The molecule has 2 aliphatic heterocycles. The molecule has 2 amide bonds. The van der Waals surface area contributed by atoms with Crippen LogP contribution in [0, 0.1) is 11.8 Å². The highest BCUT2D eigenvalue weighted by molar-refractivity contribution is 5.92. The van der Waals surface area contributed by atoms with Gasteiger partial charge in [-0.15, -0.1) is 0 Å². The predicted octanol–water partition coefficient (Wildman–Crippen LogP) is 2.21. The molecule has 1 saturated carbocycles. The highest BCUT2D eigenvalue weighted by Gasteiger charge is 2.35. The van der Waals surface area contributed by atoms with Gasteiger partial charge in [-0.3, -0.25) is 14.5 Å². The lowest BCUT2D eigenvalue weighted by molar-refractivity contribution is -0.133. The molecule has 0 radical (unpaired) electrons. The van der Waals surface area contributed by atoms with E-state index in [4.69, 9.17) is 0 Å². The quantitative estimate of drug-likeness (QED) is 0.588. The molecule has 1 unspecified atom stereocenters. The van der Waals surface area contributed by atoms with Crippen LogP contribution in [0.1, 0.15) is 59.9 Å². The molecule has 192 valence electrons. The Kier molecular flexibility index (Phi) is 7.34. The first-order valence-electron chi connectivity index (χ1n) is 13.3. The molecule has 1 saturated heterocycles. The van der Waals surface area contributed by atoms with Crippen LogP contribution < -0.4 is 5.32 Å². The lowest BCUT2D eigenvalue weighted by atomic mass is 9.91. The Morgan fingerprint density at radius 1 is 1.08 bits per heavy atom. The lowest BCUT2D eigenvalue weighted by Gasteiger charge is -2.34. The third kappa shape index (κ3) is 6.28. The van der Waals surface area contributed by atoms with E-state index in [1.54, 1.807) is 13.0 Å². The van der Waals surface area contributed by atoms with E-state index in [-0.39, 0.29) is 18.4 Å². The summed E-state index contributed by atoms with van der Waals surface area (Å²) in [5.41, 5.74) is 2.80. The standard InChI is InChI=1S/C28H37N5O3/c1-28(36,18-32-11-10-21-4-2-3-5-23(21)16-32)17-29-26(34)25-15-24(30-19-31-25)14-20-8-12-33(13-9-20)27(35)22-6-7-22/h2-5,15,19-20,22,36H,6-14,16-18H2,1H3,(H,29,34). The van der Waals surface area contributed by atoms with Crippen LogP contribution in [0.2, 0.25) is 0 Å². The van der Waals surface area contributed by atoms with Gasteiger partial charge in [0.15, 0.2) is 0 Å². The number of amides is 2. The minimum atomic E-state index is -1.05. The summed E-state index contributed by atoms with van der Waals surface area (Å²) < 4.78 is 0. The fourth-order valence-corrected chi connectivity index (χ4v) is 5.46. The van der Waals surface area contributed by atoms with Crippen LogP contribution in [0.3, 0.4) is 0 Å². The molecule has 0 spiro atoms. The molecule has 3 heterocycles. The Labute approximate surface area is 213 Å². The van der Waals surface area contributed by atoms with Gasteiger partial charge >= 0.3 is 0 Å². The van der Waals surface area contributed by atoms with Crippen molar-refractivity contribution < 1.29 is 14.7 Å². The van der Waals surface area contributed by atoms with Crippen LogP contribution in [0.5, 0.6) is 0 Å². The fraction of sp³-hybridized carbons (Fsp3) is 0.571. The maximum Gasteiger partial charge on any atom is 0.270 e. The van der Waals surface area contributed by atoms with E-state index < -0.39 is 5.60 Å². The van der Waals surface area contributed by atoms with Gasteiger partial charge in [-0.25, -0.2) is 9.97 Å². The van der Waals surface area contributed by atoms with Gasteiger partial charge in [-0.2, -0.15) is 0 Å². The number of carbonyl (C=O) groups is 2. The summed E-state index contributed by atoms with van der Waals surface area (Å²) in [6, 6.07) is 10.2. The number of likely N-dealkylation sites (tertiary alicyclic amines) is 1. The van der Waals surface area contributed by atoms with Crippen LogP contribution >= 0.6 is 0 Å². The van der Waals surface area contributed by atoms with Gasteiger partial charge in [0.05, 0.1) is 5.60 Å². The third-order valence-electron chi connectivity index (χ3n) is 7.71. The van der Waals surface area contributed by atoms with E-state index in [1.165, 1.54) is 17.5 Å². The topological polar surface area (TPSA) is 98.7 Å². The summed E-state index contributed by atoms with van der Waals surface area (Å²) in [5.74, 6) is 0.763. The maximum atomic E-state index is 12.8. The van der Waals surface area contributed by atoms with Crippen molar-refractivity contribution in [2.45, 2.75) is 57.6 Å². The maximum absolute atomic E-state index is 12.8. The molecule has 1 aromatic carbocycles. The summed E-state index contributed by atoms with van der Waals surface area (Å²) in [6.45, 7) is 5.73. The SMILES string of the molecule is CC(O)(CNC(=O)c1cc(CC2CCN(C(=O)C3CC3)CC2)ncn1)CN1CCc2ccccc2C1. The van der Waals surface area contributed by atoms with E-state index in [1.807, 2.05) is 4.90 Å². The second-order valence-corrected chi connectivity index (χ2v) is 11.1. The smallest absolute Gasteiger partial charge is 0.270 e. The van der Waals surface area contributed by atoms with Gasteiger partial charge in [0, 0.05) is 50.9 Å². The second-order valence-electron chi connectivity index (χ2n) is 11.1. The Morgan fingerprint density at radius 3 is 2.58 bits per heavy atom. The number of hydrogen-bond acceptors (Lipinski definition) is 6. The lowest BCUT2D eigenvalue weighted by Crippen LogP contribution is -2.49. The van der Waals surface area contributed by atoms with Crippen molar-refractivity contribution in [3.8, 4) is 0 Å². The van der Waals surface area contributed by atoms with Gasteiger partial charge in [0.2, 0.25) is 5.91 Å². The molecule has 2 fully saturated rings. The molecule has 8 heteroatoms. The molecule has 2 N–H and O–H groups in total. The van der Waals surface area contributed by atoms with Crippen LogP contribution in [0.4, 0.5) is 0 Å². The molecule has 2 aromatic rings. The van der Waals surface area contributed by atoms with Crippen LogP contribution in [0.15, 0.2) is 36.7 Å². The molecule has 5 rings (SSSR count). The number of carbonyl (C=O) groups excluding carboxylic acids is 2. The van der Waals surface area contributed by atoms with E-state index in [9.17, 15) is 14.7 Å². The summed E-state index contributed by atoms with van der Waals surface area (Å²) in [5, 5.41) is 13.8. The van der Waals surface area contributed by atoms with Gasteiger partial charge < -0.3 is 15.3 Å². The number of fused-ring (bicyclic) bond motifs is 1. The molecule has 1 aromatic heterocycles. The minimum Gasteiger partial charge on any atom is -0.387 e. The molecule has 0 bridgehead atoms. The fourth-order valence-electron chi connectivity index (χ4n) is 5.46. The highest BCUT2D eigenvalue weighted by atomic mass is 16.3. The van der Waals surface area contributed by atoms with Crippen LogP contribution in [0.25, 0.3) is 0 Å². The Bertz CT molecular complexity index is 1090. The molecule has 1 atom stereocenters. The van der Waals surface area contributed by atoms with Crippen LogP contribution in [-0.2, 0) is 24.2 Å². The van der Waals surface area contributed by atoms with Crippen molar-refractivity contribution in [1.29, 1.82) is 0 Å². The zero-order valence-corrected chi connectivity index (χ0v) is 21.2. The van der Waals surface area contributed by atoms with Gasteiger partial charge in [0.1, 0.15) is 12.0 Å². The Hall–Kier alpha value is -2.84. The van der Waals surface area contributed by atoms with Gasteiger partial charge in [-0.05, 0) is 68.6 Å². The number of benzene rings is 1. The summed E-state index contributed by atoms with van der Waals surface area (Å²) in [4.78, 5) is 37.9. The molecule has 8 nitrogen and oxygen atoms in total. The predicted molar refractivity (Wildman–Crippen MR) is 136 cm³/mol. The summed E-state index contributed by atoms with van der Waals surface area (Å²) in [7, 11) is 0. The number of aromatic nitrogens is 2. The average molecular weight is 492 g/mol. The van der Waals surface area contributed by atoms with E-state index in [2.05, 4.69) is 44.5 Å². The molecule has 36 heavy (non-hydrogen) atoms. The van der Waals surface area contributed by atoms with E-state index >= 15 is 0 Å². The average Bonchev–Trinajstić information content (AvgIpc) is 3.73. The zero-order chi connectivity index (χ0) is 25.1. The number of nitrogens with zero attached hydrogens (tertiary/aromatic N) is 4. The van der Waals surface area contributed by atoms with Crippen molar-refractivity contribution in [3.63, 3.8) is 0 Å². The molecular weight excluding hydrogens is 454 g/mol. The number of hydrogen-bond donors (Lipinski definition) is 2. The normalized spacial score (nSPS) is 20.4. The highest BCUT2D eigenvalue weighted by Crippen LogP contribution is 2.32. The number of β-amino-alcohol motifs (C(OH)–C–C–N with tert-alkyl or cyclic N) is 1. The first-order valence-corrected chi connectivity index (χ1v) is 13.3. The van der Waals surface area contributed by atoms with Crippen LogP contribution in [-0.4, -0.2) is 75.0 Å². The van der Waals surface area contributed by atoms with E-state index in [0.29, 0.717) is 24.1 Å². The molecule has 3 aliphatic rings. The largest absolute Gasteiger partial charge is 0.387 e. The first-order chi connectivity index (χ1) is 17.4. The Balaban J connectivity index is 1.09. The number of nitrogens with one attached hydrogen (secondary N) is 1. The van der Waals surface area contributed by atoms with Crippen molar-refractivity contribution in [2.75, 3.05) is 32.7 Å². The molecule has 1 aliphatic carbocycles. The van der Waals surface area contributed by atoms with E-state index in [0.717, 1.165) is 70.4 Å². The monoisotopic (exact) mass is 491 g/mol. The molecular formula is C28H37N5O3. The van der Waals surface area contributed by atoms with Crippen molar-refractivity contribution in [1.82, 2.24) is 25.1 Å². The second kappa shape index (κ2) is 10.6. The number of piperidine rings is 1. The first kappa shape index (κ1) is 24.8.